The standard InChI is InChI=1S/C30H37N3O5S/c1-4-16-39(35,36)32(2)26-14-9-13-25(19-26)30(34)31-28(18-23-10-6-5-7-11-23)29-21-33(22-38-29)20-24-12-8-15-27(17-24)37-3/h5-15,17,19,28-29H,4,16,18,20-22H2,1-3H3,(H,31,34)/t28-,29-/m0/s1. The molecule has 1 saturated heterocycles. The van der Waals surface area contributed by atoms with Crippen LogP contribution < -0.4 is 14.4 Å². The fraction of sp³-hybridized carbons (Fsp3) is 0.367. The lowest BCUT2D eigenvalue weighted by atomic mass is 10.00. The van der Waals surface area contributed by atoms with Crippen LogP contribution in [-0.4, -0.2) is 64.6 Å². The van der Waals surface area contributed by atoms with Crippen molar-refractivity contribution in [3.05, 3.63) is 95.6 Å². The van der Waals surface area contributed by atoms with E-state index >= 15 is 0 Å². The predicted octanol–water partition coefficient (Wildman–Crippen LogP) is 4.07. The van der Waals surface area contributed by atoms with E-state index in [9.17, 15) is 13.2 Å². The summed E-state index contributed by atoms with van der Waals surface area (Å²) < 4.78 is 37.9. The first-order valence-electron chi connectivity index (χ1n) is 13.2. The number of hydrogen-bond acceptors (Lipinski definition) is 6. The van der Waals surface area contributed by atoms with E-state index in [0.717, 1.165) is 16.9 Å². The normalized spacial score (nSPS) is 16.5. The lowest BCUT2D eigenvalue weighted by molar-refractivity contribution is 0.0599. The molecule has 8 nitrogen and oxygen atoms in total. The summed E-state index contributed by atoms with van der Waals surface area (Å²) in [5.41, 5.74) is 3.07. The molecule has 9 heteroatoms. The van der Waals surface area contributed by atoms with Gasteiger partial charge < -0.3 is 14.8 Å². The van der Waals surface area contributed by atoms with Crippen LogP contribution in [0.15, 0.2) is 78.9 Å². The second-order valence-corrected chi connectivity index (χ2v) is 11.9. The van der Waals surface area contributed by atoms with Crippen LogP contribution in [0.5, 0.6) is 5.75 Å². The smallest absolute Gasteiger partial charge is 0.251 e. The Morgan fingerprint density at radius 2 is 1.82 bits per heavy atom. The molecule has 0 aromatic heterocycles. The zero-order valence-electron chi connectivity index (χ0n) is 22.7. The van der Waals surface area contributed by atoms with Crippen LogP contribution in [-0.2, 0) is 27.7 Å². The summed E-state index contributed by atoms with van der Waals surface area (Å²) in [6.45, 7) is 3.65. The van der Waals surface area contributed by atoms with Gasteiger partial charge in [-0.15, -0.1) is 0 Å². The first kappa shape index (κ1) is 28.6. The molecule has 1 fully saturated rings. The molecular weight excluding hydrogens is 514 g/mol. The van der Waals surface area contributed by atoms with E-state index in [-0.39, 0.29) is 23.8 Å². The zero-order valence-corrected chi connectivity index (χ0v) is 23.6. The molecule has 2 atom stereocenters. The van der Waals surface area contributed by atoms with Crippen LogP contribution in [0, 0.1) is 0 Å². The lowest BCUT2D eigenvalue weighted by Crippen LogP contribution is -2.46. The highest BCUT2D eigenvalue weighted by atomic mass is 32.2. The third kappa shape index (κ3) is 7.59. The highest BCUT2D eigenvalue weighted by Gasteiger charge is 2.32. The molecule has 208 valence electrons. The van der Waals surface area contributed by atoms with Gasteiger partial charge in [-0.3, -0.25) is 14.0 Å². The molecule has 0 unspecified atom stereocenters. The van der Waals surface area contributed by atoms with Crippen LogP contribution in [0.4, 0.5) is 5.69 Å². The average Bonchev–Trinajstić information content (AvgIpc) is 3.41. The fourth-order valence-corrected chi connectivity index (χ4v) is 5.96. The number of methoxy groups -OCH3 is 1. The van der Waals surface area contributed by atoms with Crippen LogP contribution in [0.3, 0.4) is 0 Å². The van der Waals surface area contributed by atoms with E-state index in [4.69, 9.17) is 9.47 Å². The van der Waals surface area contributed by atoms with E-state index in [0.29, 0.717) is 43.9 Å². The Morgan fingerprint density at radius 1 is 1.08 bits per heavy atom. The number of ether oxygens (including phenoxy) is 2. The van der Waals surface area contributed by atoms with E-state index in [1.165, 1.54) is 11.4 Å². The van der Waals surface area contributed by atoms with E-state index < -0.39 is 10.0 Å². The molecule has 1 aliphatic heterocycles. The zero-order chi connectivity index (χ0) is 27.8. The SMILES string of the molecule is CCCS(=O)(=O)N(C)c1cccc(C(=O)N[C@@H](Cc2ccccc2)[C@@H]2CN(Cc3cccc(OC)c3)CO2)c1. The summed E-state index contributed by atoms with van der Waals surface area (Å²) in [6.07, 6.45) is 0.912. The molecule has 3 aromatic rings. The molecule has 1 N–H and O–H groups in total. The third-order valence-electron chi connectivity index (χ3n) is 6.86. The fourth-order valence-electron chi connectivity index (χ4n) is 4.74. The lowest BCUT2D eigenvalue weighted by Gasteiger charge is -2.25. The summed E-state index contributed by atoms with van der Waals surface area (Å²) in [7, 11) is -0.278. The Morgan fingerprint density at radius 3 is 2.56 bits per heavy atom. The van der Waals surface area contributed by atoms with Crippen LogP contribution in [0.2, 0.25) is 0 Å². The molecule has 3 aromatic carbocycles. The van der Waals surface area contributed by atoms with Crippen LogP contribution in [0.1, 0.15) is 34.8 Å². The third-order valence-corrected chi connectivity index (χ3v) is 8.83. The number of nitrogens with zero attached hydrogens (tertiary/aromatic N) is 2. The summed E-state index contributed by atoms with van der Waals surface area (Å²) in [4.78, 5) is 15.6. The van der Waals surface area contributed by atoms with Crippen molar-refractivity contribution < 1.29 is 22.7 Å². The second kappa shape index (κ2) is 13.1. The molecule has 0 aliphatic carbocycles. The Balaban J connectivity index is 1.49. The second-order valence-electron chi connectivity index (χ2n) is 9.80. The van der Waals surface area contributed by atoms with Gasteiger partial charge in [-0.25, -0.2) is 8.42 Å². The van der Waals surface area contributed by atoms with Gasteiger partial charge in [0.15, 0.2) is 0 Å². The number of anilines is 1. The van der Waals surface area contributed by atoms with Crippen LogP contribution in [0.25, 0.3) is 0 Å². The Hall–Kier alpha value is -3.40. The van der Waals surface area contributed by atoms with Gasteiger partial charge >= 0.3 is 0 Å². The topological polar surface area (TPSA) is 88.2 Å². The van der Waals surface area contributed by atoms with Crippen molar-refractivity contribution in [2.45, 2.75) is 38.5 Å². The van der Waals surface area contributed by atoms with Crippen molar-refractivity contribution in [2.24, 2.45) is 0 Å². The molecule has 0 saturated carbocycles. The van der Waals surface area contributed by atoms with Crippen molar-refractivity contribution in [3.63, 3.8) is 0 Å². The molecule has 4 rings (SSSR count). The Labute approximate surface area is 231 Å². The molecule has 0 radical (unpaired) electrons. The minimum absolute atomic E-state index is 0.0460. The van der Waals surface area contributed by atoms with E-state index in [2.05, 4.69) is 16.3 Å². The largest absolute Gasteiger partial charge is 0.497 e. The van der Waals surface area contributed by atoms with Crippen LogP contribution >= 0.6 is 0 Å². The predicted molar refractivity (Wildman–Crippen MR) is 153 cm³/mol. The number of sulfonamides is 1. The maximum absolute atomic E-state index is 13.4. The summed E-state index contributed by atoms with van der Waals surface area (Å²) in [5.74, 6) is 0.590. The highest BCUT2D eigenvalue weighted by molar-refractivity contribution is 7.92. The Kier molecular flexibility index (Phi) is 9.61. The monoisotopic (exact) mass is 551 g/mol. The molecule has 1 amide bonds. The number of carbonyl (C=O) groups is 1. The quantitative estimate of drug-likeness (QED) is 0.365. The van der Waals surface area contributed by atoms with Gasteiger partial charge in [-0.05, 0) is 54.3 Å². The molecule has 1 aliphatic rings. The van der Waals surface area contributed by atoms with Crippen molar-refractivity contribution in [1.82, 2.24) is 10.2 Å². The van der Waals surface area contributed by atoms with Gasteiger partial charge in [-0.1, -0.05) is 55.5 Å². The summed E-state index contributed by atoms with van der Waals surface area (Å²) in [5, 5.41) is 3.18. The number of amides is 1. The minimum atomic E-state index is -3.45. The summed E-state index contributed by atoms with van der Waals surface area (Å²) in [6, 6.07) is 24.4. The van der Waals surface area contributed by atoms with Gasteiger partial charge in [-0.2, -0.15) is 0 Å². The molecule has 1 heterocycles. The van der Waals surface area contributed by atoms with Gasteiger partial charge in [0.2, 0.25) is 10.0 Å². The number of carbonyl (C=O) groups excluding carboxylic acids is 1. The van der Waals surface area contributed by atoms with Crippen molar-refractivity contribution in [1.29, 1.82) is 0 Å². The van der Waals surface area contributed by atoms with Crippen molar-refractivity contribution in [2.75, 3.05) is 37.5 Å². The molecule has 39 heavy (non-hydrogen) atoms. The first-order valence-corrected chi connectivity index (χ1v) is 14.8. The Bertz CT molecular complexity index is 1350. The van der Waals surface area contributed by atoms with Gasteiger partial charge in [0, 0.05) is 25.7 Å². The maximum atomic E-state index is 13.4. The number of hydrogen-bond donors (Lipinski definition) is 1. The number of rotatable bonds is 12. The van der Waals surface area contributed by atoms with Crippen molar-refractivity contribution >= 4 is 21.6 Å². The molecule has 0 bridgehead atoms. The van der Waals surface area contributed by atoms with Crippen molar-refractivity contribution in [3.8, 4) is 5.75 Å². The molecular formula is C30H37N3O5S. The average molecular weight is 552 g/mol. The highest BCUT2D eigenvalue weighted by Crippen LogP contribution is 2.22. The van der Waals surface area contributed by atoms with Gasteiger partial charge in [0.05, 0.1) is 37.4 Å². The number of benzene rings is 3. The first-order chi connectivity index (χ1) is 18.8. The van der Waals surface area contributed by atoms with E-state index in [1.54, 1.807) is 31.4 Å². The maximum Gasteiger partial charge on any atom is 0.251 e. The van der Waals surface area contributed by atoms with Gasteiger partial charge in [0.25, 0.3) is 5.91 Å². The molecule has 0 spiro atoms. The number of nitrogens with one attached hydrogen (secondary N) is 1. The summed E-state index contributed by atoms with van der Waals surface area (Å²) >= 11 is 0. The minimum Gasteiger partial charge on any atom is -0.497 e. The van der Waals surface area contributed by atoms with E-state index in [1.807, 2.05) is 55.5 Å². The van der Waals surface area contributed by atoms with Gasteiger partial charge in [0.1, 0.15) is 5.75 Å².